The number of aromatic nitrogens is 4. The van der Waals surface area contributed by atoms with Crippen LogP contribution in [0.15, 0.2) is 54.9 Å². The maximum absolute atomic E-state index is 9.64. The molecule has 10 heteroatoms. The highest BCUT2D eigenvalue weighted by molar-refractivity contribution is 5.98. The van der Waals surface area contributed by atoms with Gasteiger partial charge in [0.25, 0.3) is 0 Å². The number of ether oxygens (including phenoxy) is 1. The highest BCUT2D eigenvalue weighted by Crippen LogP contribution is 2.37. The van der Waals surface area contributed by atoms with Gasteiger partial charge in [0.05, 0.1) is 11.4 Å². The van der Waals surface area contributed by atoms with Crippen LogP contribution in [0.4, 0.5) is 11.5 Å². The van der Waals surface area contributed by atoms with Crippen molar-refractivity contribution in [2.45, 2.75) is 57.5 Å². The molecule has 10 nitrogen and oxygen atoms in total. The van der Waals surface area contributed by atoms with Crippen LogP contribution in [0.25, 0.3) is 22.3 Å². The Hall–Kier alpha value is -3.73. The Morgan fingerprint density at radius 3 is 2.41 bits per heavy atom. The lowest BCUT2D eigenvalue weighted by Crippen LogP contribution is -2.49. The lowest BCUT2D eigenvalue weighted by atomic mass is 9.90. The van der Waals surface area contributed by atoms with E-state index in [1.165, 1.54) is 12.8 Å². The predicted molar refractivity (Wildman–Crippen MR) is 162 cm³/mol. The molecule has 2 aromatic carbocycles. The Labute approximate surface area is 241 Å². The molecule has 0 amide bonds. The molecule has 4 N–H and O–H groups in total. The molecule has 4 aromatic rings. The average molecular weight is 557 g/mol. The predicted octanol–water partition coefficient (Wildman–Crippen LogP) is 4.14. The SMILES string of the molecule is CC(O)Oc1ccccc1CNc1ccc(-c2nn(C3CCC(N4CCN(C)CC4)CC3)c3ncnc(N)c23)cc1. The molecular formula is C31H40N8O2. The summed E-state index contributed by atoms with van der Waals surface area (Å²) in [6.45, 7) is 6.81. The smallest absolute Gasteiger partial charge is 0.194 e. The molecule has 216 valence electrons. The van der Waals surface area contributed by atoms with Gasteiger partial charge in [0.1, 0.15) is 23.6 Å². The fourth-order valence-electron chi connectivity index (χ4n) is 6.20. The zero-order chi connectivity index (χ0) is 28.3. The molecule has 1 atom stereocenters. The molecule has 2 aromatic heterocycles. The van der Waals surface area contributed by atoms with Crippen LogP contribution in [0.1, 0.15) is 44.2 Å². The van der Waals surface area contributed by atoms with Crippen molar-refractivity contribution in [2.75, 3.05) is 44.3 Å². The Morgan fingerprint density at radius 1 is 0.976 bits per heavy atom. The second kappa shape index (κ2) is 12.0. The van der Waals surface area contributed by atoms with Gasteiger partial charge in [-0.2, -0.15) is 5.10 Å². The molecule has 1 saturated heterocycles. The van der Waals surface area contributed by atoms with E-state index in [-0.39, 0.29) is 0 Å². The third-order valence-electron chi connectivity index (χ3n) is 8.50. The minimum Gasteiger partial charge on any atom is -0.465 e. The monoisotopic (exact) mass is 556 g/mol. The third-order valence-corrected chi connectivity index (χ3v) is 8.50. The summed E-state index contributed by atoms with van der Waals surface area (Å²) in [5.74, 6) is 1.12. The van der Waals surface area contributed by atoms with Crippen LogP contribution < -0.4 is 15.8 Å². The lowest BCUT2D eigenvalue weighted by molar-refractivity contribution is -0.000941. The van der Waals surface area contributed by atoms with Gasteiger partial charge >= 0.3 is 0 Å². The molecule has 1 saturated carbocycles. The molecule has 6 rings (SSSR count). The molecule has 2 fully saturated rings. The van der Waals surface area contributed by atoms with Crippen LogP contribution in [-0.4, -0.2) is 80.2 Å². The van der Waals surface area contributed by atoms with Gasteiger partial charge in [0, 0.05) is 55.6 Å². The molecule has 3 heterocycles. The minimum atomic E-state index is -0.867. The number of nitrogens with one attached hydrogen (secondary N) is 1. The second-order valence-electron chi connectivity index (χ2n) is 11.3. The summed E-state index contributed by atoms with van der Waals surface area (Å²) < 4.78 is 7.64. The van der Waals surface area contributed by atoms with E-state index in [1.54, 1.807) is 13.3 Å². The number of nitrogens with two attached hydrogens (primary N) is 1. The first-order chi connectivity index (χ1) is 20.0. The van der Waals surface area contributed by atoms with Crippen LogP contribution >= 0.6 is 0 Å². The number of piperazine rings is 1. The standard InChI is InChI=1S/C31H40N8O2/c1-21(40)41-27-6-4-3-5-23(27)19-33-24-9-7-22(8-10-24)29-28-30(32)34-20-35-31(28)39(36-29)26-13-11-25(12-14-26)38-17-15-37(2)16-18-38/h3-10,20-21,25-26,33,40H,11-19H2,1-2H3,(H2,32,34,35). The van der Waals surface area contributed by atoms with E-state index in [0.29, 0.717) is 30.2 Å². The lowest BCUT2D eigenvalue weighted by Gasteiger charge is -2.41. The number of nitrogens with zero attached hydrogens (tertiary/aromatic N) is 6. The summed E-state index contributed by atoms with van der Waals surface area (Å²) in [5, 5.41) is 19.0. The summed E-state index contributed by atoms with van der Waals surface area (Å²) in [6, 6.07) is 16.9. The Balaban J connectivity index is 1.18. The summed E-state index contributed by atoms with van der Waals surface area (Å²) >= 11 is 0. The summed E-state index contributed by atoms with van der Waals surface area (Å²) in [4.78, 5) is 14.0. The normalized spacial score (nSPS) is 21.1. The van der Waals surface area contributed by atoms with Crippen molar-refractivity contribution in [1.82, 2.24) is 29.5 Å². The van der Waals surface area contributed by atoms with Crippen molar-refractivity contribution in [1.29, 1.82) is 0 Å². The molecule has 2 aliphatic rings. The van der Waals surface area contributed by atoms with E-state index in [2.05, 4.69) is 48.9 Å². The zero-order valence-electron chi connectivity index (χ0n) is 23.9. The summed E-state index contributed by atoms with van der Waals surface area (Å²) in [7, 11) is 2.21. The highest BCUT2D eigenvalue weighted by atomic mass is 16.6. The van der Waals surface area contributed by atoms with Crippen LogP contribution in [0.5, 0.6) is 5.75 Å². The quantitative estimate of drug-likeness (QED) is 0.275. The van der Waals surface area contributed by atoms with E-state index in [1.807, 2.05) is 36.4 Å². The van der Waals surface area contributed by atoms with Gasteiger partial charge in [-0.1, -0.05) is 30.3 Å². The number of nitrogen functional groups attached to an aromatic ring is 1. The van der Waals surface area contributed by atoms with Crippen LogP contribution in [0.3, 0.4) is 0 Å². The van der Waals surface area contributed by atoms with Crippen LogP contribution in [0.2, 0.25) is 0 Å². The van der Waals surface area contributed by atoms with E-state index in [4.69, 9.17) is 15.6 Å². The van der Waals surface area contributed by atoms with Gasteiger partial charge in [0.2, 0.25) is 0 Å². The molecule has 1 aliphatic heterocycles. The first-order valence-corrected chi connectivity index (χ1v) is 14.6. The van der Waals surface area contributed by atoms with Gasteiger partial charge in [-0.25, -0.2) is 14.6 Å². The van der Waals surface area contributed by atoms with Crippen LogP contribution in [-0.2, 0) is 6.54 Å². The van der Waals surface area contributed by atoms with E-state index < -0.39 is 6.29 Å². The van der Waals surface area contributed by atoms with Crippen molar-refractivity contribution in [2.24, 2.45) is 0 Å². The first-order valence-electron chi connectivity index (χ1n) is 14.6. The molecular weight excluding hydrogens is 516 g/mol. The first kappa shape index (κ1) is 27.4. The van der Waals surface area contributed by atoms with Crippen molar-refractivity contribution < 1.29 is 9.84 Å². The maximum Gasteiger partial charge on any atom is 0.194 e. The average Bonchev–Trinajstić information content (AvgIpc) is 3.38. The van der Waals surface area contributed by atoms with Gasteiger partial charge in [-0.05, 0) is 57.9 Å². The van der Waals surface area contributed by atoms with E-state index in [0.717, 1.165) is 72.6 Å². The number of aliphatic hydroxyl groups is 1. The number of para-hydroxylation sites is 1. The fourth-order valence-corrected chi connectivity index (χ4v) is 6.20. The molecule has 1 aliphatic carbocycles. The van der Waals surface area contributed by atoms with Crippen molar-refractivity contribution >= 4 is 22.5 Å². The van der Waals surface area contributed by atoms with E-state index in [9.17, 15) is 5.11 Å². The van der Waals surface area contributed by atoms with Crippen molar-refractivity contribution in [3.63, 3.8) is 0 Å². The van der Waals surface area contributed by atoms with Gasteiger partial charge < -0.3 is 25.8 Å². The fraction of sp³-hybridized carbons (Fsp3) is 0.452. The Morgan fingerprint density at radius 2 is 1.68 bits per heavy atom. The summed E-state index contributed by atoms with van der Waals surface area (Å²) in [5.41, 5.74) is 10.9. The van der Waals surface area contributed by atoms with Crippen molar-refractivity contribution in [3.8, 4) is 17.0 Å². The number of hydrogen-bond acceptors (Lipinski definition) is 9. The van der Waals surface area contributed by atoms with Crippen LogP contribution in [0, 0.1) is 0 Å². The topological polar surface area (TPSA) is 118 Å². The molecule has 0 radical (unpaired) electrons. The maximum atomic E-state index is 9.64. The molecule has 0 bridgehead atoms. The number of aliphatic hydroxyl groups excluding tert-OH is 1. The number of hydrogen-bond donors (Lipinski definition) is 3. The zero-order valence-corrected chi connectivity index (χ0v) is 23.9. The number of likely N-dealkylation sites (N-methyl/N-ethyl adjacent to an activating group) is 1. The number of anilines is 2. The molecule has 41 heavy (non-hydrogen) atoms. The largest absolute Gasteiger partial charge is 0.465 e. The minimum absolute atomic E-state index is 0.300. The second-order valence-corrected chi connectivity index (χ2v) is 11.3. The Kier molecular flexibility index (Phi) is 8.04. The Bertz CT molecular complexity index is 1460. The summed E-state index contributed by atoms with van der Waals surface area (Å²) in [6.07, 6.45) is 5.20. The van der Waals surface area contributed by atoms with Gasteiger partial charge in [-0.3, -0.25) is 4.90 Å². The number of rotatable bonds is 8. The van der Waals surface area contributed by atoms with Crippen molar-refractivity contribution in [3.05, 3.63) is 60.4 Å². The van der Waals surface area contributed by atoms with E-state index >= 15 is 0 Å². The van der Waals surface area contributed by atoms with Gasteiger partial charge in [-0.15, -0.1) is 0 Å². The number of benzene rings is 2. The number of fused-ring (bicyclic) bond motifs is 1. The third kappa shape index (κ3) is 6.00. The highest BCUT2D eigenvalue weighted by Gasteiger charge is 2.30. The molecule has 0 spiro atoms. The van der Waals surface area contributed by atoms with Gasteiger partial charge in [0.15, 0.2) is 11.9 Å². The molecule has 1 unspecified atom stereocenters.